The molecule has 0 bridgehead atoms. The third-order valence-corrected chi connectivity index (χ3v) is 6.63. The van der Waals surface area contributed by atoms with Gasteiger partial charge in [0, 0.05) is 41.8 Å². The molecule has 0 aliphatic heterocycles. The van der Waals surface area contributed by atoms with Gasteiger partial charge in [0.15, 0.2) is 0 Å². The Bertz CT molecular complexity index is 1300. The third kappa shape index (κ3) is 8.15. The van der Waals surface area contributed by atoms with Gasteiger partial charge in [0.1, 0.15) is 18.1 Å². The van der Waals surface area contributed by atoms with Crippen LogP contribution < -0.4 is 21.7 Å². The zero-order chi connectivity index (χ0) is 29.4. The number of fused-ring (bicyclic) bond motifs is 1. The molecule has 216 valence electrons. The number of carboxylic acid groups (broad SMARTS) is 1. The summed E-state index contributed by atoms with van der Waals surface area (Å²) in [5.74, 6) is -3.22. The number of rotatable bonds is 14. The fraction of sp³-hybridized carbons (Fsp3) is 0.464. The van der Waals surface area contributed by atoms with E-state index in [4.69, 9.17) is 5.73 Å². The van der Waals surface area contributed by atoms with Crippen LogP contribution in [-0.4, -0.2) is 67.9 Å². The van der Waals surface area contributed by atoms with Crippen LogP contribution in [0.3, 0.4) is 0 Å². The van der Waals surface area contributed by atoms with Crippen LogP contribution in [0.2, 0.25) is 0 Å². The maximum Gasteiger partial charge on any atom is 0.326 e. The molecule has 0 aliphatic carbocycles. The summed E-state index contributed by atoms with van der Waals surface area (Å²) in [5.41, 5.74) is 8.48. The molecule has 0 saturated heterocycles. The molecule has 0 spiro atoms. The number of nitrogens with two attached hydrogens (primary N) is 1. The molecule has 0 saturated carbocycles. The first-order valence-electron chi connectivity index (χ1n) is 13.4. The Morgan fingerprint density at radius 1 is 0.925 bits per heavy atom. The molecule has 3 aromatic rings. The molecular formula is C28H39N7O5. The Hall–Kier alpha value is -4.19. The van der Waals surface area contributed by atoms with Crippen LogP contribution >= 0.6 is 0 Å². The normalized spacial score (nSPS) is 14.5. The highest BCUT2D eigenvalue weighted by atomic mass is 16.4. The van der Waals surface area contributed by atoms with Gasteiger partial charge in [-0.15, -0.1) is 0 Å². The zero-order valence-corrected chi connectivity index (χ0v) is 23.2. The fourth-order valence-electron chi connectivity index (χ4n) is 4.48. The van der Waals surface area contributed by atoms with Gasteiger partial charge in [0.2, 0.25) is 17.7 Å². The second-order valence-electron chi connectivity index (χ2n) is 10.8. The number of amides is 3. The van der Waals surface area contributed by atoms with Crippen molar-refractivity contribution in [1.82, 2.24) is 30.9 Å². The Kier molecular flexibility index (Phi) is 10.4. The first kappa shape index (κ1) is 30.4. The minimum Gasteiger partial charge on any atom is -0.480 e. The van der Waals surface area contributed by atoms with Crippen molar-refractivity contribution in [2.24, 2.45) is 17.6 Å². The Morgan fingerprint density at radius 3 is 2.23 bits per heavy atom. The van der Waals surface area contributed by atoms with E-state index in [0.29, 0.717) is 5.69 Å². The molecule has 3 rings (SSSR count). The van der Waals surface area contributed by atoms with E-state index in [1.165, 1.54) is 6.33 Å². The van der Waals surface area contributed by atoms with Gasteiger partial charge in [-0.1, -0.05) is 45.9 Å². The minimum absolute atomic E-state index is 0.0165. The average molecular weight is 554 g/mol. The van der Waals surface area contributed by atoms with Crippen LogP contribution in [0.4, 0.5) is 0 Å². The van der Waals surface area contributed by atoms with Gasteiger partial charge < -0.3 is 36.8 Å². The second-order valence-corrected chi connectivity index (χ2v) is 10.8. The molecule has 2 heterocycles. The lowest BCUT2D eigenvalue weighted by Gasteiger charge is -2.27. The number of carbonyl (C=O) groups is 4. The summed E-state index contributed by atoms with van der Waals surface area (Å²) in [6, 6.07) is 3.47. The molecule has 4 atom stereocenters. The summed E-state index contributed by atoms with van der Waals surface area (Å²) in [6.07, 6.45) is 5.44. The van der Waals surface area contributed by atoms with E-state index in [9.17, 15) is 24.3 Å². The number of carbonyl (C=O) groups excluding carboxylic acids is 3. The Morgan fingerprint density at radius 2 is 1.60 bits per heavy atom. The number of hydrogen-bond acceptors (Lipinski definition) is 6. The zero-order valence-electron chi connectivity index (χ0n) is 23.2. The van der Waals surface area contributed by atoms with Crippen molar-refractivity contribution in [2.45, 2.75) is 71.1 Å². The van der Waals surface area contributed by atoms with Crippen molar-refractivity contribution in [1.29, 1.82) is 0 Å². The highest BCUT2D eigenvalue weighted by Crippen LogP contribution is 2.19. The van der Waals surface area contributed by atoms with Crippen LogP contribution in [0.15, 0.2) is 43.0 Å². The van der Waals surface area contributed by atoms with E-state index in [1.807, 2.05) is 38.1 Å². The van der Waals surface area contributed by atoms with Crippen molar-refractivity contribution >= 4 is 34.6 Å². The quantitative estimate of drug-likeness (QED) is 0.156. The average Bonchev–Trinajstić information content (AvgIpc) is 3.55. The highest BCUT2D eigenvalue weighted by Gasteiger charge is 2.32. The van der Waals surface area contributed by atoms with Gasteiger partial charge in [0.25, 0.3) is 0 Å². The summed E-state index contributed by atoms with van der Waals surface area (Å²) < 4.78 is 0. The maximum atomic E-state index is 13.6. The molecule has 40 heavy (non-hydrogen) atoms. The smallest absolute Gasteiger partial charge is 0.326 e. The summed E-state index contributed by atoms with van der Waals surface area (Å²) >= 11 is 0. The number of nitrogens with zero attached hydrogens (tertiary/aromatic N) is 1. The predicted octanol–water partition coefficient (Wildman–Crippen LogP) is 1.24. The number of imidazole rings is 1. The fourth-order valence-corrected chi connectivity index (χ4v) is 4.48. The summed E-state index contributed by atoms with van der Waals surface area (Å²) in [6.45, 7) is 7.16. The van der Waals surface area contributed by atoms with Gasteiger partial charge in [0.05, 0.1) is 12.4 Å². The highest BCUT2D eigenvalue weighted by molar-refractivity contribution is 5.95. The van der Waals surface area contributed by atoms with E-state index in [2.05, 4.69) is 30.9 Å². The number of benzene rings is 1. The van der Waals surface area contributed by atoms with Crippen molar-refractivity contribution in [3.63, 3.8) is 0 Å². The van der Waals surface area contributed by atoms with E-state index in [1.54, 1.807) is 26.2 Å². The van der Waals surface area contributed by atoms with Gasteiger partial charge in [-0.3, -0.25) is 14.4 Å². The largest absolute Gasteiger partial charge is 0.480 e. The summed E-state index contributed by atoms with van der Waals surface area (Å²) in [7, 11) is 0. The maximum absolute atomic E-state index is 13.6. The molecule has 3 amide bonds. The van der Waals surface area contributed by atoms with E-state index in [-0.39, 0.29) is 31.1 Å². The molecule has 0 aliphatic rings. The molecule has 8 N–H and O–H groups in total. The number of nitrogens with one attached hydrogen (secondary N) is 5. The lowest BCUT2D eigenvalue weighted by molar-refractivity contribution is -0.143. The van der Waals surface area contributed by atoms with Crippen LogP contribution in [0.1, 0.15) is 45.4 Å². The number of H-pyrrole nitrogens is 2. The molecule has 0 radical (unpaired) electrons. The van der Waals surface area contributed by atoms with Crippen molar-refractivity contribution in [3.05, 3.63) is 54.2 Å². The van der Waals surface area contributed by atoms with E-state index in [0.717, 1.165) is 16.5 Å². The minimum atomic E-state index is -1.16. The van der Waals surface area contributed by atoms with Gasteiger partial charge >= 0.3 is 5.97 Å². The van der Waals surface area contributed by atoms with Crippen LogP contribution in [-0.2, 0) is 32.0 Å². The van der Waals surface area contributed by atoms with Gasteiger partial charge in [-0.2, -0.15) is 0 Å². The van der Waals surface area contributed by atoms with E-state index < -0.39 is 47.9 Å². The topological polar surface area (TPSA) is 195 Å². The SMILES string of the molecule is CC(C)CC(NC(=O)C(Cc1c[nH]c2ccccc12)NC(=O)C(N)Cc1cnc[nH]1)C(=O)NC(C(=O)O)C(C)C. The van der Waals surface area contributed by atoms with Gasteiger partial charge in [-0.25, -0.2) is 9.78 Å². The molecule has 12 heteroatoms. The van der Waals surface area contributed by atoms with Gasteiger partial charge in [-0.05, 0) is 29.9 Å². The number of aliphatic carboxylic acids is 1. The first-order chi connectivity index (χ1) is 19.0. The number of aromatic amines is 2. The molecule has 1 aromatic carbocycles. The molecule has 2 aromatic heterocycles. The Labute approximate surface area is 232 Å². The van der Waals surface area contributed by atoms with Crippen molar-refractivity contribution in [2.75, 3.05) is 0 Å². The number of hydrogen-bond donors (Lipinski definition) is 7. The lowest BCUT2D eigenvalue weighted by atomic mass is 9.99. The molecule has 12 nitrogen and oxygen atoms in total. The molecular weight excluding hydrogens is 514 g/mol. The Balaban J connectivity index is 1.83. The monoisotopic (exact) mass is 553 g/mol. The second kappa shape index (κ2) is 13.7. The van der Waals surface area contributed by atoms with Crippen LogP contribution in [0.25, 0.3) is 10.9 Å². The lowest BCUT2D eigenvalue weighted by Crippen LogP contribution is -2.58. The summed E-state index contributed by atoms with van der Waals surface area (Å²) in [5, 5.41) is 18.5. The number of para-hydroxylation sites is 1. The standard InChI is InChI=1S/C28H39N7O5/c1-15(2)9-22(27(38)35-24(16(3)4)28(39)40)34-26(37)23(10-17-12-31-21-8-6-5-7-19(17)21)33-25(36)20(29)11-18-13-30-14-32-18/h5-8,12-16,20,22-24,31H,9-11,29H2,1-4H3,(H,30,32)(H,33,36)(H,34,37)(H,35,38)(H,39,40). The van der Waals surface area contributed by atoms with E-state index >= 15 is 0 Å². The van der Waals surface area contributed by atoms with Crippen molar-refractivity contribution in [3.8, 4) is 0 Å². The number of aromatic nitrogens is 3. The number of carboxylic acids is 1. The summed E-state index contributed by atoms with van der Waals surface area (Å²) in [4.78, 5) is 61.5. The first-order valence-corrected chi connectivity index (χ1v) is 13.4. The molecule has 4 unspecified atom stereocenters. The third-order valence-electron chi connectivity index (χ3n) is 6.63. The van der Waals surface area contributed by atoms with Crippen LogP contribution in [0, 0.1) is 11.8 Å². The van der Waals surface area contributed by atoms with Crippen molar-refractivity contribution < 1.29 is 24.3 Å². The van der Waals surface area contributed by atoms with Crippen LogP contribution in [0.5, 0.6) is 0 Å². The molecule has 0 fully saturated rings. The predicted molar refractivity (Wildman–Crippen MR) is 150 cm³/mol.